The Morgan fingerprint density at radius 2 is 1.68 bits per heavy atom. The van der Waals surface area contributed by atoms with Crippen molar-refractivity contribution in [2.75, 3.05) is 0 Å². The molecule has 1 aliphatic heterocycles. The first-order valence-electron chi connectivity index (χ1n) is 12.3. The van der Waals surface area contributed by atoms with Crippen molar-refractivity contribution in [3.63, 3.8) is 0 Å². The molecule has 6 nitrogen and oxygen atoms in total. The summed E-state index contributed by atoms with van der Waals surface area (Å²) in [6.45, 7) is 0.227. The molecule has 0 radical (unpaired) electrons. The van der Waals surface area contributed by atoms with Crippen molar-refractivity contribution < 1.29 is 33.0 Å². The van der Waals surface area contributed by atoms with Crippen LogP contribution in [0.2, 0.25) is 5.02 Å². The van der Waals surface area contributed by atoms with Gasteiger partial charge in [-0.2, -0.15) is 0 Å². The number of ether oxygens (including phenoxy) is 2. The summed E-state index contributed by atoms with van der Waals surface area (Å²) in [5.41, 5.74) is 2.73. The monoisotopic (exact) mass is 541 g/mol. The van der Waals surface area contributed by atoms with Crippen molar-refractivity contribution in [1.82, 2.24) is 4.90 Å². The van der Waals surface area contributed by atoms with Gasteiger partial charge in [0.05, 0.1) is 11.1 Å². The van der Waals surface area contributed by atoms with E-state index in [1.165, 1.54) is 4.90 Å². The van der Waals surface area contributed by atoms with Crippen molar-refractivity contribution in [3.05, 3.63) is 100 Å². The van der Waals surface area contributed by atoms with Crippen molar-refractivity contribution >= 4 is 23.5 Å². The second-order valence-electron chi connectivity index (χ2n) is 9.63. The number of hydrogen-bond acceptors (Lipinski definition) is 4. The molecule has 0 saturated heterocycles. The van der Waals surface area contributed by atoms with Crippen LogP contribution in [0.3, 0.4) is 0 Å². The number of carboxylic acid groups (broad SMARTS) is 1. The summed E-state index contributed by atoms with van der Waals surface area (Å²) in [6, 6.07) is 20.2. The van der Waals surface area contributed by atoms with E-state index >= 15 is 0 Å². The van der Waals surface area contributed by atoms with Crippen molar-refractivity contribution in [2.24, 2.45) is 0 Å². The molecule has 1 heterocycles. The summed E-state index contributed by atoms with van der Waals surface area (Å²) in [5.74, 6) is -4.22. The molecular weight excluding hydrogens is 516 g/mol. The van der Waals surface area contributed by atoms with E-state index in [4.69, 9.17) is 21.1 Å². The van der Waals surface area contributed by atoms with E-state index in [2.05, 4.69) is 0 Å². The van der Waals surface area contributed by atoms with Gasteiger partial charge in [-0.3, -0.25) is 4.79 Å². The molecule has 1 N–H and O–H groups in total. The van der Waals surface area contributed by atoms with Gasteiger partial charge in [-0.1, -0.05) is 78.3 Å². The number of carboxylic acids is 1. The summed E-state index contributed by atoms with van der Waals surface area (Å²) < 4.78 is 38.9. The number of rotatable bonds is 8. The average Bonchev–Trinajstić information content (AvgIpc) is 2.90. The maximum absolute atomic E-state index is 13.8. The molecule has 1 aliphatic carbocycles. The molecule has 198 valence electrons. The first-order chi connectivity index (χ1) is 18.2. The third-order valence-corrected chi connectivity index (χ3v) is 7.22. The SMILES string of the molecule is O=C(O)[C@H]1Cc2c(ccc(Cl)c2OCc2ccccc2)CN1C(=O)C(OC1CC(F)(F)C1)c1ccccc1. The topological polar surface area (TPSA) is 76.1 Å². The Morgan fingerprint density at radius 1 is 1.03 bits per heavy atom. The first-order valence-corrected chi connectivity index (χ1v) is 12.7. The molecular formula is C29H26ClF2NO5. The molecule has 9 heteroatoms. The molecule has 1 amide bonds. The Morgan fingerprint density at radius 3 is 2.32 bits per heavy atom. The lowest BCUT2D eigenvalue weighted by atomic mass is 9.90. The number of benzene rings is 3. The molecule has 3 aromatic rings. The van der Waals surface area contributed by atoms with Gasteiger partial charge in [0.25, 0.3) is 11.8 Å². The van der Waals surface area contributed by atoms with Crippen LogP contribution in [-0.2, 0) is 33.9 Å². The second-order valence-corrected chi connectivity index (χ2v) is 10.0. The van der Waals surface area contributed by atoms with Gasteiger partial charge in [-0.05, 0) is 22.8 Å². The number of fused-ring (bicyclic) bond motifs is 1. The highest BCUT2D eigenvalue weighted by molar-refractivity contribution is 6.32. The highest BCUT2D eigenvalue weighted by Crippen LogP contribution is 2.43. The molecule has 1 unspecified atom stereocenters. The van der Waals surface area contributed by atoms with E-state index in [0.717, 1.165) is 5.56 Å². The van der Waals surface area contributed by atoms with Gasteiger partial charge in [-0.15, -0.1) is 0 Å². The fraction of sp³-hybridized carbons (Fsp3) is 0.310. The summed E-state index contributed by atoms with van der Waals surface area (Å²) in [6.07, 6.45) is -2.98. The van der Waals surface area contributed by atoms with Gasteiger partial charge in [-0.25, -0.2) is 13.6 Å². The zero-order valence-electron chi connectivity index (χ0n) is 20.4. The maximum atomic E-state index is 13.8. The minimum absolute atomic E-state index is 0.0164. The fourth-order valence-corrected chi connectivity index (χ4v) is 5.13. The number of aliphatic carboxylic acids is 1. The summed E-state index contributed by atoms with van der Waals surface area (Å²) in [5, 5.41) is 10.5. The Labute approximate surface area is 223 Å². The van der Waals surface area contributed by atoms with E-state index in [-0.39, 0.29) is 19.6 Å². The highest BCUT2D eigenvalue weighted by atomic mass is 35.5. The summed E-state index contributed by atoms with van der Waals surface area (Å²) in [7, 11) is 0. The van der Waals surface area contributed by atoms with E-state index in [1.54, 1.807) is 42.5 Å². The molecule has 1 fully saturated rings. The van der Waals surface area contributed by atoms with Crippen LogP contribution in [0.25, 0.3) is 0 Å². The smallest absolute Gasteiger partial charge is 0.326 e. The van der Waals surface area contributed by atoms with Gasteiger partial charge in [0.1, 0.15) is 18.4 Å². The minimum atomic E-state index is -2.82. The number of amides is 1. The lowest BCUT2D eigenvalue weighted by molar-refractivity contribution is -0.193. The predicted octanol–water partition coefficient (Wildman–Crippen LogP) is 5.81. The summed E-state index contributed by atoms with van der Waals surface area (Å²) >= 11 is 6.45. The van der Waals surface area contributed by atoms with Crippen LogP contribution in [0.4, 0.5) is 8.78 Å². The van der Waals surface area contributed by atoms with Gasteiger partial charge in [0, 0.05) is 31.4 Å². The molecule has 0 aromatic heterocycles. The van der Waals surface area contributed by atoms with Crippen molar-refractivity contribution in [3.8, 4) is 5.75 Å². The van der Waals surface area contributed by atoms with Gasteiger partial charge in [0.15, 0.2) is 6.10 Å². The number of carbonyl (C=O) groups excluding carboxylic acids is 1. The molecule has 2 aliphatic rings. The van der Waals surface area contributed by atoms with E-state index < -0.39 is 48.9 Å². The van der Waals surface area contributed by atoms with Crippen LogP contribution < -0.4 is 4.74 Å². The van der Waals surface area contributed by atoms with Crippen LogP contribution in [0, 0.1) is 0 Å². The van der Waals surface area contributed by atoms with Crippen molar-refractivity contribution in [2.45, 2.75) is 56.6 Å². The van der Waals surface area contributed by atoms with Gasteiger partial charge < -0.3 is 19.5 Å². The minimum Gasteiger partial charge on any atom is -0.487 e. The van der Waals surface area contributed by atoms with E-state index in [9.17, 15) is 23.5 Å². The maximum Gasteiger partial charge on any atom is 0.326 e. The Balaban J connectivity index is 1.43. The highest BCUT2D eigenvalue weighted by Gasteiger charge is 2.49. The lowest BCUT2D eigenvalue weighted by Crippen LogP contribution is -2.51. The number of alkyl halides is 2. The molecule has 5 rings (SSSR count). The van der Waals surface area contributed by atoms with Crippen LogP contribution in [0.15, 0.2) is 72.8 Å². The standard InChI is InChI=1S/C29H26ClF2NO5/c30-23-12-11-20-16-33(24(28(35)36)13-22(20)26(23)37-17-18-7-3-1-4-8-18)27(34)25(19-9-5-2-6-10-19)38-21-14-29(31,32)15-21/h1-12,21,24-25H,13-17H2,(H,35,36)/t24-,25?/m1/s1. The van der Waals surface area contributed by atoms with Gasteiger partial charge in [0.2, 0.25) is 0 Å². The lowest BCUT2D eigenvalue weighted by Gasteiger charge is -2.40. The summed E-state index contributed by atoms with van der Waals surface area (Å²) in [4.78, 5) is 27.4. The molecule has 0 spiro atoms. The molecule has 2 atom stereocenters. The predicted molar refractivity (Wildman–Crippen MR) is 136 cm³/mol. The number of hydrogen-bond donors (Lipinski definition) is 1. The quantitative estimate of drug-likeness (QED) is 0.389. The number of nitrogens with zero attached hydrogens (tertiary/aromatic N) is 1. The van der Waals surface area contributed by atoms with Gasteiger partial charge >= 0.3 is 5.97 Å². The van der Waals surface area contributed by atoms with Crippen LogP contribution in [0.5, 0.6) is 5.75 Å². The first kappa shape index (κ1) is 26.1. The normalized spacial score (nSPS) is 19.2. The number of carbonyl (C=O) groups is 2. The van der Waals surface area contributed by atoms with Crippen molar-refractivity contribution in [1.29, 1.82) is 0 Å². The average molecular weight is 542 g/mol. The molecule has 38 heavy (non-hydrogen) atoms. The number of halogens is 3. The third kappa shape index (κ3) is 5.51. The Kier molecular flexibility index (Phi) is 7.36. The second kappa shape index (κ2) is 10.7. The van der Waals surface area contributed by atoms with Crippen LogP contribution >= 0.6 is 11.6 Å². The third-order valence-electron chi connectivity index (χ3n) is 6.93. The molecule has 0 bridgehead atoms. The zero-order valence-corrected chi connectivity index (χ0v) is 21.1. The van der Waals surface area contributed by atoms with Crippen LogP contribution in [0.1, 0.15) is 41.2 Å². The van der Waals surface area contributed by atoms with E-state index in [0.29, 0.717) is 27.5 Å². The van der Waals surface area contributed by atoms with Crippen LogP contribution in [-0.4, -0.2) is 40.0 Å². The molecule has 1 saturated carbocycles. The fourth-order valence-electron chi connectivity index (χ4n) is 4.90. The Bertz CT molecular complexity index is 1310. The Hall–Kier alpha value is -3.49. The van der Waals surface area contributed by atoms with E-state index in [1.807, 2.05) is 30.3 Å². The molecule has 3 aromatic carbocycles. The zero-order chi connectivity index (χ0) is 26.9. The largest absolute Gasteiger partial charge is 0.487 e.